The van der Waals surface area contributed by atoms with Crippen molar-refractivity contribution in [2.24, 2.45) is 11.8 Å². The van der Waals surface area contributed by atoms with E-state index in [0.717, 1.165) is 32.1 Å². The van der Waals surface area contributed by atoms with Crippen molar-refractivity contribution in [2.75, 3.05) is 4.90 Å². The molecule has 1 aliphatic heterocycles. The highest BCUT2D eigenvalue weighted by Gasteiger charge is 2.43. The maximum Gasteiger partial charge on any atom is 0.0670 e. The SMILES string of the molecule is C=CCCCCCc1ccc(N2C(=C)C(CCC(C=C)c3ccc(C)cc3)C2c2ccc(CCCC(C)C(=C)C)cc2)cc1. The molecule has 1 heteroatoms. The predicted molar refractivity (Wildman–Crippen MR) is 193 cm³/mol. The molecular formula is C43H55N. The summed E-state index contributed by atoms with van der Waals surface area (Å²) in [6, 6.07) is 28.0. The number of nitrogens with zero attached hydrogens (tertiary/aromatic N) is 1. The van der Waals surface area contributed by atoms with Gasteiger partial charge in [-0.3, -0.25) is 0 Å². The van der Waals surface area contributed by atoms with Gasteiger partial charge >= 0.3 is 0 Å². The molecule has 4 rings (SSSR count). The van der Waals surface area contributed by atoms with Gasteiger partial charge in [-0.25, -0.2) is 0 Å². The number of anilines is 1. The quantitative estimate of drug-likeness (QED) is 0.106. The first-order chi connectivity index (χ1) is 21.3. The molecule has 1 heterocycles. The van der Waals surface area contributed by atoms with E-state index in [1.54, 1.807) is 0 Å². The highest BCUT2D eigenvalue weighted by Crippen LogP contribution is 2.52. The molecule has 3 aromatic carbocycles. The maximum absolute atomic E-state index is 4.64. The zero-order valence-corrected chi connectivity index (χ0v) is 27.7. The molecule has 1 saturated heterocycles. The Labute approximate surface area is 269 Å². The van der Waals surface area contributed by atoms with E-state index in [-0.39, 0.29) is 0 Å². The van der Waals surface area contributed by atoms with Gasteiger partial charge in [0.05, 0.1) is 6.04 Å². The van der Waals surface area contributed by atoms with Crippen molar-refractivity contribution in [3.63, 3.8) is 0 Å². The van der Waals surface area contributed by atoms with Crippen LogP contribution in [0.25, 0.3) is 0 Å². The van der Waals surface area contributed by atoms with Crippen molar-refractivity contribution < 1.29 is 0 Å². The lowest BCUT2D eigenvalue weighted by Gasteiger charge is -2.52. The normalized spacial score (nSPS) is 17.5. The zero-order valence-electron chi connectivity index (χ0n) is 27.7. The van der Waals surface area contributed by atoms with Gasteiger partial charge in [0.25, 0.3) is 0 Å². The second-order valence-electron chi connectivity index (χ2n) is 13.2. The lowest BCUT2D eigenvalue weighted by atomic mass is 9.75. The Balaban J connectivity index is 1.48. The highest BCUT2D eigenvalue weighted by atomic mass is 15.2. The van der Waals surface area contributed by atoms with Crippen LogP contribution in [0.3, 0.4) is 0 Å². The molecule has 1 aliphatic rings. The Bertz CT molecular complexity index is 1360. The van der Waals surface area contributed by atoms with Gasteiger partial charge in [0.2, 0.25) is 0 Å². The van der Waals surface area contributed by atoms with E-state index in [1.165, 1.54) is 76.9 Å². The largest absolute Gasteiger partial charge is 0.337 e. The third kappa shape index (κ3) is 8.75. The number of rotatable bonds is 18. The van der Waals surface area contributed by atoms with Crippen molar-refractivity contribution in [1.29, 1.82) is 0 Å². The topological polar surface area (TPSA) is 3.24 Å². The first kappa shape index (κ1) is 33.3. The van der Waals surface area contributed by atoms with E-state index in [2.05, 4.69) is 131 Å². The molecule has 44 heavy (non-hydrogen) atoms. The van der Waals surface area contributed by atoms with Crippen molar-refractivity contribution in [2.45, 2.75) is 96.9 Å². The number of hydrogen-bond donors (Lipinski definition) is 0. The van der Waals surface area contributed by atoms with Gasteiger partial charge in [0.15, 0.2) is 0 Å². The summed E-state index contributed by atoms with van der Waals surface area (Å²) in [4.78, 5) is 2.48. The van der Waals surface area contributed by atoms with Gasteiger partial charge in [-0.1, -0.05) is 110 Å². The van der Waals surface area contributed by atoms with Crippen molar-refractivity contribution in [3.8, 4) is 0 Å². The molecule has 0 aliphatic carbocycles. The molecule has 1 nitrogen and oxygen atoms in total. The highest BCUT2D eigenvalue weighted by molar-refractivity contribution is 5.61. The summed E-state index contributed by atoms with van der Waals surface area (Å²) in [6.45, 7) is 23.4. The molecule has 0 N–H and O–H groups in total. The Morgan fingerprint density at radius 1 is 0.818 bits per heavy atom. The van der Waals surface area contributed by atoms with Crippen molar-refractivity contribution in [3.05, 3.63) is 150 Å². The van der Waals surface area contributed by atoms with E-state index in [4.69, 9.17) is 0 Å². The minimum absolute atomic E-state index is 0.299. The lowest BCUT2D eigenvalue weighted by Crippen LogP contribution is -2.47. The van der Waals surface area contributed by atoms with Crippen LogP contribution in [0.2, 0.25) is 0 Å². The zero-order chi connectivity index (χ0) is 31.5. The Hall–Kier alpha value is -3.58. The van der Waals surface area contributed by atoms with E-state index in [1.807, 2.05) is 6.08 Å². The summed E-state index contributed by atoms with van der Waals surface area (Å²) in [5.41, 5.74) is 10.7. The predicted octanol–water partition coefficient (Wildman–Crippen LogP) is 12.3. The summed E-state index contributed by atoms with van der Waals surface area (Å²) in [6.07, 6.45) is 15.8. The maximum atomic E-state index is 4.64. The van der Waals surface area contributed by atoms with Gasteiger partial charge < -0.3 is 4.90 Å². The first-order valence-corrected chi connectivity index (χ1v) is 16.9. The van der Waals surface area contributed by atoms with E-state index in [0.29, 0.717) is 23.8 Å². The Morgan fingerprint density at radius 3 is 2.07 bits per heavy atom. The number of allylic oxidation sites excluding steroid dienone is 3. The fraction of sp³-hybridized carbons (Fsp3) is 0.395. The second-order valence-corrected chi connectivity index (χ2v) is 13.2. The van der Waals surface area contributed by atoms with Gasteiger partial charge in [-0.15, -0.1) is 13.2 Å². The molecule has 232 valence electrons. The van der Waals surface area contributed by atoms with Gasteiger partial charge in [-0.2, -0.15) is 0 Å². The first-order valence-electron chi connectivity index (χ1n) is 16.9. The van der Waals surface area contributed by atoms with Crippen molar-refractivity contribution in [1.82, 2.24) is 0 Å². The number of unbranched alkanes of at least 4 members (excludes halogenated alkanes) is 3. The number of aryl methyl sites for hydroxylation is 3. The molecular weight excluding hydrogens is 530 g/mol. The standard InChI is InChI=1S/C43H55N/c1-8-10-11-12-13-16-36-22-29-41(30-23-36)44-35(7)42(31-28-38(9-2)39-24-18-33(5)19-25-39)43(44)40-26-20-37(21-27-40)17-14-15-34(6)32(3)4/h8-9,18-27,29-30,34,38,42-43H,1-3,7,10-17,28,31H2,4-6H3. The molecule has 1 fully saturated rings. The fourth-order valence-corrected chi connectivity index (χ4v) is 6.62. The van der Waals surface area contributed by atoms with Crippen LogP contribution in [0.15, 0.2) is 123 Å². The summed E-state index contributed by atoms with van der Waals surface area (Å²) in [5.74, 6) is 1.36. The van der Waals surface area contributed by atoms with Crippen LogP contribution in [-0.2, 0) is 12.8 Å². The average molecular weight is 586 g/mol. The smallest absolute Gasteiger partial charge is 0.0670 e. The summed E-state index contributed by atoms with van der Waals surface area (Å²) in [5, 5.41) is 0. The number of benzene rings is 3. The van der Waals surface area contributed by atoms with Crippen LogP contribution in [-0.4, -0.2) is 0 Å². The lowest BCUT2D eigenvalue weighted by molar-refractivity contribution is 0.337. The molecule has 0 aromatic heterocycles. The van der Waals surface area contributed by atoms with Gasteiger partial charge in [-0.05, 0) is 112 Å². The fourth-order valence-electron chi connectivity index (χ4n) is 6.62. The van der Waals surface area contributed by atoms with Crippen LogP contribution in [0.1, 0.15) is 105 Å². The van der Waals surface area contributed by atoms with Crippen LogP contribution in [0.4, 0.5) is 5.69 Å². The summed E-state index contributed by atoms with van der Waals surface area (Å²) >= 11 is 0. The Morgan fingerprint density at radius 2 is 1.45 bits per heavy atom. The molecule has 4 atom stereocenters. The van der Waals surface area contributed by atoms with Crippen LogP contribution in [0, 0.1) is 18.8 Å². The molecule has 0 amide bonds. The molecule has 4 unspecified atom stereocenters. The van der Waals surface area contributed by atoms with Crippen LogP contribution in [0.5, 0.6) is 0 Å². The number of hydrogen-bond acceptors (Lipinski definition) is 1. The van der Waals surface area contributed by atoms with Gasteiger partial charge in [0, 0.05) is 23.2 Å². The summed E-state index contributed by atoms with van der Waals surface area (Å²) in [7, 11) is 0. The van der Waals surface area contributed by atoms with E-state index in [9.17, 15) is 0 Å². The molecule has 0 radical (unpaired) electrons. The Kier molecular flexibility index (Phi) is 12.5. The minimum atomic E-state index is 0.299. The molecule has 3 aromatic rings. The molecule has 0 spiro atoms. The molecule has 0 bridgehead atoms. The molecule has 0 saturated carbocycles. The van der Waals surface area contributed by atoms with Crippen LogP contribution >= 0.6 is 0 Å². The van der Waals surface area contributed by atoms with Crippen molar-refractivity contribution >= 4 is 5.69 Å². The second kappa shape index (κ2) is 16.5. The van der Waals surface area contributed by atoms with E-state index >= 15 is 0 Å². The van der Waals surface area contributed by atoms with Gasteiger partial charge in [0.1, 0.15) is 0 Å². The average Bonchev–Trinajstić information content (AvgIpc) is 3.03. The summed E-state index contributed by atoms with van der Waals surface area (Å²) < 4.78 is 0. The monoisotopic (exact) mass is 585 g/mol. The third-order valence-corrected chi connectivity index (χ3v) is 9.83. The minimum Gasteiger partial charge on any atom is -0.337 e. The van der Waals surface area contributed by atoms with E-state index < -0.39 is 0 Å². The van der Waals surface area contributed by atoms with Crippen LogP contribution < -0.4 is 4.90 Å². The third-order valence-electron chi connectivity index (χ3n) is 9.83.